The largest absolute Gasteiger partial charge is 0.463 e. The van der Waals surface area contributed by atoms with Gasteiger partial charge in [-0.3, -0.25) is 0 Å². The smallest absolute Gasteiger partial charge is 0.334 e. The van der Waals surface area contributed by atoms with Gasteiger partial charge in [-0.2, -0.15) is 0 Å². The SMILES string of the molecule is CCOC(=O)/C=C(/CBr)Oc1cc(Cl)ccc1Cl. The first kappa shape index (κ1) is 15.3. The number of halogens is 3. The van der Waals surface area contributed by atoms with Gasteiger partial charge < -0.3 is 9.47 Å². The van der Waals surface area contributed by atoms with Gasteiger partial charge in [0.15, 0.2) is 0 Å². The lowest BCUT2D eigenvalue weighted by Crippen LogP contribution is -2.05. The minimum Gasteiger partial charge on any atom is -0.463 e. The zero-order chi connectivity index (χ0) is 13.5. The van der Waals surface area contributed by atoms with Crippen molar-refractivity contribution in [2.75, 3.05) is 11.9 Å². The number of hydrogen-bond acceptors (Lipinski definition) is 3. The van der Waals surface area contributed by atoms with Crippen LogP contribution in [-0.2, 0) is 9.53 Å². The van der Waals surface area contributed by atoms with Crippen molar-refractivity contribution in [2.45, 2.75) is 6.92 Å². The number of carbonyl (C=O) groups is 1. The monoisotopic (exact) mass is 352 g/mol. The molecule has 0 bridgehead atoms. The molecule has 0 fully saturated rings. The van der Waals surface area contributed by atoms with E-state index in [1.165, 1.54) is 6.08 Å². The Morgan fingerprint density at radius 1 is 1.44 bits per heavy atom. The Kier molecular flexibility index (Phi) is 6.54. The Hall–Kier alpha value is -0.710. The zero-order valence-electron chi connectivity index (χ0n) is 9.58. The van der Waals surface area contributed by atoms with Crippen molar-refractivity contribution in [3.8, 4) is 5.75 Å². The van der Waals surface area contributed by atoms with Gasteiger partial charge in [-0.1, -0.05) is 39.1 Å². The molecule has 6 heteroatoms. The summed E-state index contributed by atoms with van der Waals surface area (Å²) in [6, 6.07) is 4.85. The molecule has 0 N–H and O–H groups in total. The molecular formula is C12H11BrCl2O3. The molecule has 0 amide bonds. The molecule has 0 aliphatic carbocycles. The van der Waals surface area contributed by atoms with Crippen molar-refractivity contribution < 1.29 is 14.3 Å². The maximum Gasteiger partial charge on any atom is 0.334 e. The third-order valence-electron chi connectivity index (χ3n) is 1.83. The molecule has 0 spiro atoms. The molecule has 0 radical (unpaired) electrons. The molecule has 0 aliphatic heterocycles. The van der Waals surface area contributed by atoms with Crippen LogP contribution in [0.1, 0.15) is 6.92 Å². The highest BCUT2D eigenvalue weighted by Crippen LogP contribution is 2.29. The highest BCUT2D eigenvalue weighted by molar-refractivity contribution is 9.09. The number of esters is 1. The molecule has 0 unspecified atom stereocenters. The molecule has 0 saturated heterocycles. The normalized spacial score (nSPS) is 11.2. The Bertz CT molecular complexity index is 461. The summed E-state index contributed by atoms with van der Waals surface area (Å²) in [4.78, 5) is 11.3. The number of ether oxygens (including phenoxy) is 2. The van der Waals surface area contributed by atoms with E-state index in [1.807, 2.05) is 0 Å². The lowest BCUT2D eigenvalue weighted by Gasteiger charge is -2.09. The molecule has 3 nitrogen and oxygen atoms in total. The minimum absolute atomic E-state index is 0.308. The predicted octanol–water partition coefficient (Wildman–Crippen LogP) is 4.21. The maximum atomic E-state index is 11.3. The van der Waals surface area contributed by atoms with Gasteiger partial charge in [0.25, 0.3) is 0 Å². The molecule has 1 aromatic carbocycles. The van der Waals surface area contributed by atoms with E-state index in [9.17, 15) is 4.79 Å². The first-order chi connectivity index (χ1) is 8.56. The first-order valence-corrected chi connectivity index (χ1v) is 7.00. The summed E-state index contributed by atoms with van der Waals surface area (Å²) in [7, 11) is 0. The summed E-state index contributed by atoms with van der Waals surface area (Å²) >= 11 is 15.0. The summed E-state index contributed by atoms with van der Waals surface area (Å²) in [5.74, 6) is 0.307. The minimum atomic E-state index is -0.467. The van der Waals surface area contributed by atoms with Crippen LogP contribution in [0, 0.1) is 0 Å². The van der Waals surface area contributed by atoms with Gasteiger partial charge in [-0.15, -0.1) is 0 Å². The van der Waals surface area contributed by atoms with Crippen molar-refractivity contribution in [1.82, 2.24) is 0 Å². The van der Waals surface area contributed by atoms with Gasteiger partial charge in [-0.25, -0.2) is 4.79 Å². The van der Waals surface area contributed by atoms with Crippen LogP contribution in [0.3, 0.4) is 0 Å². The van der Waals surface area contributed by atoms with Crippen LogP contribution < -0.4 is 4.74 Å². The van der Waals surface area contributed by atoms with Crippen molar-refractivity contribution in [3.05, 3.63) is 40.1 Å². The molecule has 1 aromatic rings. The zero-order valence-corrected chi connectivity index (χ0v) is 12.7. The number of benzene rings is 1. The van der Waals surface area contributed by atoms with Gasteiger partial charge in [0.2, 0.25) is 0 Å². The molecule has 0 aliphatic rings. The summed E-state index contributed by atoms with van der Waals surface area (Å²) in [5, 5.41) is 1.27. The predicted molar refractivity (Wildman–Crippen MR) is 75.6 cm³/mol. The number of alkyl halides is 1. The van der Waals surface area contributed by atoms with Crippen LogP contribution in [0.2, 0.25) is 10.0 Å². The van der Waals surface area contributed by atoms with Gasteiger partial charge in [0.05, 0.1) is 23.0 Å². The van der Waals surface area contributed by atoms with E-state index in [1.54, 1.807) is 25.1 Å². The second-order valence-electron chi connectivity index (χ2n) is 3.17. The molecule has 0 aromatic heterocycles. The van der Waals surface area contributed by atoms with E-state index >= 15 is 0 Å². The van der Waals surface area contributed by atoms with E-state index in [2.05, 4.69) is 15.9 Å². The van der Waals surface area contributed by atoms with Gasteiger partial charge in [-0.05, 0) is 19.1 Å². The number of carbonyl (C=O) groups excluding carboxylic acids is 1. The summed E-state index contributed by atoms with van der Waals surface area (Å²) < 4.78 is 10.3. The van der Waals surface area contributed by atoms with Crippen LogP contribution >= 0.6 is 39.1 Å². The maximum absolute atomic E-state index is 11.3. The third kappa shape index (κ3) is 4.88. The van der Waals surface area contributed by atoms with E-state index in [-0.39, 0.29) is 0 Å². The first-order valence-electron chi connectivity index (χ1n) is 5.13. The van der Waals surface area contributed by atoms with E-state index in [0.717, 1.165) is 0 Å². The van der Waals surface area contributed by atoms with Crippen LogP contribution in [0.15, 0.2) is 30.0 Å². The van der Waals surface area contributed by atoms with Crippen molar-refractivity contribution in [1.29, 1.82) is 0 Å². The van der Waals surface area contributed by atoms with Crippen molar-refractivity contribution in [2.24, 2.45) is 0 Å². The number of hydrogen-bond donors (Lipinski definition) is 0. The van der Waals surface area contributed by atoms with E-state index in [4.69, 9.17) is 32.7 Å². The van der Waals surface area contributed by atoms with Crippen LogP contribution in [0.5, 0.6) is 5.75 Å². The molecule has 98 valence electrons. The highest BCUT2D eigenvalue weighted by atomic mass is 79.9. The fourth-order valence-electron chi connectivity index (χ4n) is 1.11. The van der Waals surface area contributed by atoms with Crippen molar-refractivity contribution in [3.63, 3.8) is 0 Å². The van der Waals surface area contributed by atoms with Crippen LogP contribution in [-0.4, -0.2) is 17.9 Å². The fourth-order valence-corrected chi connectivity index (χ4v) is 1.70. The summed E-state index contributed by atoms with van der Waals surface area (Å²) in [6.45, 7) is 2.04. The standard InChI is InChI=1S/C12H11BrCl2O3/c1-2-17-12(16)6-9(7-13)18-11-5-8(14)3-4-10(11)15/h3-6H,2,7H2,1H3/b9-6-. The van der Waals surface area contributed by atoms with Crippen molar-refractivity contribution >= 4 is 45.1 Å². The topological polar surface area (TPSA) is 35.5 Å². The molecule has 18 heavy (non-hydrogen) atoms. The highest BCUT2D eigenvalue weighted by Gasteiger charge is 2.08. The Balaban J connectivity index is 2.85. The second-order valence-corrected chi connectivity index (χ2v) is 4.58. The molecule has 0 saturated carbocycles. The Labute approximate surface area is 124 Å². The van der Waals surface area contributed by atoms with Crippen LogP contribution in [0.25, 0.3) is 0 Å². The lowest BCUT2D eigenvalue weighted by atomic mass is 10.3. The van der Waals surface area contributed by atoms with E-state index < -0.39 is 5.97 Å². The molecule has 0 heterocycles. The van der Waals surface area contributed by atoms with Gasteiger partial charge in [0, 0.05) is 11.1 Å². The third-order valence-corrected chi connectivity index (χ3v) is 2.93. The average Bonchev–Trinajstić information content (AvgIpc) is 2.33. The summed E-state index contributed by atoms with van der Waals surface area (Å²) in [6.07, 6.45) is 1.26. The summed E-state index contributed by atoms with van der Waals surface area (Å²) in [5.41, 5.74) is 0. The average molecular weight is 354 g/mol. The Morgan fingerprint density at radius 3 is 2.78 bits per heavy atom. The molecule has 0 atom stereocenters. The number of rotatable bonds is 5. The Morgan fingerprint density at radius 2 is 2.17 bits per heavy atom. The van der Waals surface area contributed by atoms with Crippen LogP contribution in [0.4, 0.5) is 0 Å². The quantitative estimate of drug-likeness (QED) is 0.344. The van der Waals surface area contributed by atoms with E-state index in [0.29, 0.717) is 33.5 Å². The molecule has 1 rings (SSSR count). The second kappa shape index (κ2) is 7.67. The lowest BCUT2D eigenvalue weighted by molar-refractivity contribution is -0.137. The van der Waals surface area contributed by atoms with Gasteiger partial charge in [0.1, 0.15) is 11.5 Å². The fraction of sp³-hybridized carbons (Fsp3) is 0.250. The number of allylic oxidation sites excluding steroid dienone is 1. The van der Waals surface area contributed by atoms with Gasteiger partial charge >= 0.3 is 5.97 Å². The molecular weight excluding hydrogens is 343 g/mol.